The topological polar surface area (TPSA) is 49.4 Å². The third kappa shape index (κ3) is 3.15. The van der Waals surface area contributed by atoms with Gasteiger partial charge < -0.3 is 10.2 Å². The van der Waals surface area contributed by atoms with Crippen molar-refractivity contribution in [2.24, 2.45) is 5.92 Å². The first-order valence-electron chi connectivity index (χ1n) is 7.69. The first-order valence-corrected chi connectivity index (χ1v) is 8.57. The lowest BCUT2D eigenvalue weighted by molar-refractivity contribution is -0.128. The molecule has 1 saturated heterocycles. The number of carbonyl (C=O) groups is 2. The molecule has 0 aliphatic carbocycles. The van der Waals surface area contributed by atoms with Crippen LogP contribution in [0.5, 0.6) is 0 Å². The molecule has 1 aliphatic heterocycles. The van der Waals surface area contributed by atoms with E-state index >= 15 is 0 Å². The first-order chi connectivity index (χ1) is 11.1. The van der Waals surface area contributed by atoms with Gasteiger partial charge >= 0.3 is 0 Å². The van der Waals surface area contributed by atoms with Gasteiger partial charge in [0.15, 0.2) is 0 Å². The Kier molecular flexibility index (Phi) is 4.48. The Hall–Kier alpha value is -2.14. The van der Waals surface area contributed by atoms with Crippen molar-refractivity contribution >= 4 is 23.2 Å². The summed E-state index contributed by atoms with van der Waals surface area (Å²) in [6, 6.07) is 11.8. The summed E-state index contributed by atoms with van der Waals surface area (Å²) in [6.07, 6.45) is 0.276. The van der Waals surface area contributed by atoms with Gasteiger partial charge in [-0.15, -0.1) is 11.3 Å². The van der Waals surface area contributed by atoms with Crippen molar-refractivity contribution < 1.29 is 9.59 Å². The summed E-state index contributed by atoms with van der Waals surface area (Å²) >= 11 is 1.59. The molecule has 5 heteroatoms. The average molecular weight is 328 g/mol. The van der Waals surface area contributed by atoms with Gasteiger partial charge in [-0.1, -0.05) is 30.3 Å². The Morgan fingerprint density at radius 3 is 2.78 bits per heavy atom. The van der Waals surface area contributed by atoms with E-state index < -0.39 is 0 Å². The Morgan fingerprint density at radius 1 is 1.30 bits per heavy atom. The number of hydrogen-bond acceptors (Lipinski definition) is 3. The molecule has 23 heavy (non-hydrogen) atoms. The fourth-order valence-corrected chi connectivity index (χ4v) is 4.01. The summed E-state index contributed by atoms with van der Waals surface area (Å²) in [5, 5.41) is 4.98. The highest BCUT2D eigenvalue weighted by Gasteiger charge is 2.43. The molecule has 0 saturated carbocycles. The van der Waals surface area contributed by atoms with Gasteiger partial charge in [-0.05, 0) is 29.5 Å². The maximum atomic E-state index is 12.6. The molecule has 2 atom stereocenters. The van der Waals surface area contributed by atoms with Crippen LogP contribution in [0.3, 0.4) is 0 Å². The molecule has 3 rings (SSSR count). The van der Waals surface area contributed by atoms with Crippen LogP contribution in [0.1, 0.15) is 28.5 Å². The molecule has 1 aromatic heterocycles. The maximum absolute atomic E-state index is 12.6. The fourth-order valence-electron chi connectivity index (χ4n) is 3.08. The lowest BCUT2D eigenvalue weighted by Gasteiger charge is -2.23. The molecule has 1 fully saturated rings. The van der Waals surface area contributed by atoms with Crippen molar-refractivity contribution in [2.75, 3.05) is 7.05 Å². The third-order valence-corrected chi connectivity index (χ3v) is 5.42. The minimum atomic E-state index is -0.324. The van der Waals surface area contributed by atoms with Crippen molar-refractivity contribution in [3.05, 3.63) is 57.8 Å². The molecule has 4 nitrogen and oxygen atoms in total. The van der Waals surface area contributed by atoms with Gasteiger partial charge in [-0.25, -0.2) is 0 Å². The number of nitrogens with zero attached hydrogens (tertiary/aromatic N) is 1. The van der Waals surface area contributed by atoms with Crippen LogP contribution in [0.4, 0.5) is 0 Å². The molecule has 1 N–H and O–H groups in total. The summed E-state index contributed by atoms with van der Waals surface area (Å²) in [6.45, 7) is 2.53. The Labute approximate surface area is 140 Å². The van der Waals surface area contributed by atoms with Gasteiger partial charge in [-0.2, -0.15) is 0 Å². The molecule has 0 spiro atoms. The van der Waals surface area contributed by atoms with E-state index in [0.717, 1.165) is 16.0 Å². The molecule has 0 bridgehead atoms. The van der Waals surface area contributed by atoms with Gasteiger partial charge in [0.25, 0.3) is 0 Å². The SMILES string of the molecule is Cc1ccccc1CNC(=O)[C@@H]1CC(=O)N(C)[C@H]1c1cccs1. The number of likely N-dealkylation sites (tertiary alicyclic amines) is 1. The number of hydrogen-bond donors (Lipinski definition) is 1. The number of amides is 2. The fraction of sp³-hybridized carbons (Fsp3) is 0.333. The lowest BCUT2D eigenvalue weighted by atomic mass is 9.97. The second kappa shape index (κ2) is 6.54. The van der Waals surface area contributed by atoms with Crippen molar-refractivity contribution in [2.45, 2.75) is 25.9 Å². The molecule has 2 heterocycles. The van der Waals surface area contributed by atoms with Crippen molar-refractivity contribution in [3.63, 3.8) is 0 Å². The Morgan fingerprint density at radius 2 is 2.09 bits per heavy atom. The van der Waals surface area contributed by atoms with E-state index in [9.17, 15) is 9.59 Å². The summed E-state index contributed by atoms with van der Waals surface area (Å²) in [5.74, 6) is -0.348. The smallest absolute Gasteiger partial charge is 0.226 e. The molecule has 1 aromatic carbocycles. The molecule has 2 amide bonds. The van der Waals surface area contributed by atoms with Gasteiger partial charge in [0.1, 0.15) is 0 Å². The summed E-state index contributed by atoms with van der Waals surface area (Å²) < 4.78 is 0. The van der Waals surface area contributed by atoms with E-state index in [1.54, 1.807) is 23.3 Å². The van der Waals surface area contributed by atoms with Crippen LogP contribution in [0.2, 0.25) is 0 Å². The van der Waals surface area contributed by atoms with Gasteiger partial charge in [-0.3, -0.25) is 9.59 Å². The van der Waals surface area contributed by atoms with Crippen molar-refractivity contribution in [1.29, 1.82) is 0 Å². The maximum Gasteiger partial charge on any atom is 0.226 e. The number of thiophene rings is 1. The van der Waals surface area contributed by atoms with Crippen LogP contribution >= 0.6 is 11.3 Å². The Bertz CT molecular complexity index is 712. The van der Waals surface area contributed by atoms with Crippen molar-refractivity contribution in [3.8, 4) is 0 Å². The predicted octanol–water partition coefficient (Wildman–Crippen LogP) is 2.89. The number of benzene rings is 1. The predicted molar refractivity (Wildman–Crippen MR) is 91.0 cm³/mol. The minimum Gasteiger partial charge on any atom is -0.352 e. The highest BCUT2D eigenvalue weighted by Crippen LogP contribution is 2.39. The molecule has 120 valence electrons. The lowest BCUT2D eigenvalue weighted by Crippen LogP contribution is -2.34. The molecule has 0 radical (unpaired) electrons. The van der Waals surface area contributed by atoms with Crippen LogP contribution in [0.15, 0.2) is 41.8 Å². The van der Waals surface area contributed by atoms with E-state index in [1.807, 2.05) is 48.7 Å². The number of nitrogens with one attached hydrogen (secondary N) is 1. The first kappa shape index (κ1) is 15.7. The monoisotopic (exact) mass is 328 g/mol. The zero-order valence-electron chi connectivity index (χ0n) is 13.3. The number of rotatable bonds is 4. The highest BCUT2D eigenvalue weighted by atomic mass is 32.1. The molecule has 1 aliphatic rings. The van der Waals surface area contributed by atoms with Gasteiger partial charge in [0.2, 0.25) is 11.8 Å². The highest BCUT2D eigenvalue weighted by molar-refractivity contribution is 7.10. The summed E-state index contributed by atoms with van der Waals surface area (Å²) in [5.41, 5.74) is 2.26. The van der Waals surface area contributed by atoms with E-state index in [1.165, 1.54) is 0 Å². The minimum absolute atomic E-state index is 0.0273. The van der Waals surface area contributed by atoms with E-state index in [4.69, 9.17) is 0 Å². The summed E-state index contributed by atoms with van der Waals surface area (Å²) in [7, 11) is 1.78. The average Bonchev–Trinajstić information content (AvgIpc) is 3.15. The van der Waals surface area contributed by atoms with Gasteiger partial charge in [0.05, 0.1) is 12.0 Å². The zero-order chi connectivity index (χ0) is 16.4. The zero-order valence-corrected chi connectivity index (χ0v) is 14.1. The quantitative estimate of drug-likeness (QED) is 0.938. The third-order valence-electron chi connectivity index (χ3n) is 4.47. The standard InChI is InChI=1S/C18H20N2O2S/c1-12-6-3-4-7-13(12)11-19-18(22)14-10-16(21)20(2)17(14)15-8-5-9-23-15/h3-9,14,17H,10-11H2,1-2H3,(H,19,22)/t14-,17-/m1/s1. The van der Waals surface area contributed by atoms with Crippen LogP contribution in [-0.4, -0.2) is 23.8 Å². The van der Waals surface area contributed by atoms with Crippen LogP contribution in [0, 0.1) is 12.8 Å². The largest absolute Gasteiger partial charge is 0.352 e. The van der Waals surface area contributed by atoms with E-state index in [0.29, 0.717) is 6.54 Å². The number of aryl methyl sites for hydroxylation is 1. The molecular formula is C18H20N2O2S. The van der Waals surface area contributed by atoms with Gasteiger partial charge in [0, 0.05) is 24.9 Å². The molecule has 0 unspecified atom stereocenters. The van der Waals surface area contributed by atoms with E-state index in [2.05, 4.69) is 5.32 Å². The second-order valence-electron chi connectivity index (χ2n) is 5.92. The molecule has 2 aromatic rings. The Balaban J connectivity index is 1.73. The van der Waals surface area contributed by atoms with Crippen LogP contribution in [0.25, 0.3) is 0 Å². The van der Waals surface area contributed by atoms with Crippen LogP contribution in [-0.2, 0) is 16.1 Å². The molecular weight excluding hydrogens is 308 g/mol. The normalized spacial score (nSPS) is 20.8. The van der Waals surface area contributed by atoms with Crippen molar-refractivity contribution in [1.82, 2.24) is 10.2 Å². The van der Waals surface area contributed by atoms with E-state index in [-0.39, 0.29) is 30.2 Å². The number of carbonyl (C=O) groups excluding carboxylic acids is 2. The van der Waals surface area contributed by atoms with Crippen LogP contribution < -0.4 is 5.32 Å². The second-order valence-corrected chi connectivity index (χ2v) is 6.90. The summed E-state index contributed by atoms with van der Waals surface area (Å²) in [4.78, 5) is 27.5.